The quantitative estimate of drug-likeness (QED) is 0.218. The van der Waals surface area contributed by atoms with E-state index >= 15 is 0 Å². The average molecular weight is 649 g/mol. The minimum atomic E-state index is -2.61. The van der Waals surface area contributed by atoms with Gasteiger partial charge >= 0.3 is 5.97 Å². The van der Waals surface area contributed by atoms with Crippen LogP contribution in [0.15, 0.2) is 0 Å². The van der Waals surface area contributed by atoms with Crippen LogP contribution in [0.1, 0.15) is 89.5 Å². The third-order valence-electron chi connectivity index (χ3n) is 10.0. The molecule has 0 saturated carbocycles. The Labute approximate surface area is 256 Å². The van der Waals surface area contributed by atoms with E-state index in [0.717, 1.165) is 0 Å². The van der Waals surface area contributed by atoms with E-state index in [9.17, 15) is 14.4 Å². The van der Waals surface area contributed by atoms with Crippen LogP contribution in [0.3, 0.4) is 0 Å². The second-order valence-corrected chi connectivity index (χ2v) is 36.6. The maximum absolute atomic E-state index is 14.1. The summed E-state index contributed by atoms with van der Waals surface area (Å²) in [6.07, 6.45) is -1.60. The highest BCUT2D eigenvalue weighted by atomic mass is 28.4. The van der Waals surface area contributed by atoms with Crippen LogP contribution in [0.5, 0.6) is 0 Å². The Bertz CT molecular complexity index is 944. The molecule has 0 rings (SSSR count). The van der Waals surface area contributed by atoms with Crippen LogP contribution in [-0.2, 0) is 32.1 Å². The molecule has 0 aromatic carbocycles. The van der Waals surface area contributed by atoms with Crippen molar-refractivity contribution in [3.63, 3.8) is 0 Å². The molecule has 242 valence electrons. The monoisotopic (exact) mass is 648 g/mol. The first-order chi connectivity index (χ1) is 17.6. The molecule has 2 unspecified atom stereocenters. The van der Waals surface area contributed by atoms with Gasteiger partial charge in [-0.2, -0.15) is 0 Å². The maximum Gasteiger partial charge on any atom is 0.321 e. The van der Waals surface area contributed by atoms with E-state index in [2.05, 4.69) is 62.3 Å². The molecule has 0 aromatic rings. The van der Waals surface area contributed by atoms with Crippen molar-refractivity contribution in [1.82, 2.24) is 0 Å². The Morgan fingerprint density at radius 2 is 0.780 bits per heavy atom. The molecule has 0 aliphatic heterocycles. The van der Waals surface area contributed by atoms with E-state index < -0.39 is 63.2 Å². The summed E-state index contributed by atoms with van der Waals surface area (Å²) in [5, 5.41) is -0.967. The zero-order chi connectivity index (χ0) is 33.4. The van der Waals surface area contributed by atoms with Gasteiger partial charge in [0.15, 0.2) is 14.4 Å². The van der Waals surface area contributed by atoms with E-state index in [1.54, 1.807) is 0 Å². The third kappa shape index (κ3) is 10.7. The first-order valence-corrected chi connectivity index (χ1v) is 26.6. The number of hydrogen-bond acceptors (Lipinski definition) is 7. The van der Waals surface area contributed by atoms with Crippen LogP contribution in [0, 0.1) is 5.92 Å². The molecule has 0 saturated heterocycles. The molecule has 0 bridgehead atoms. The van der Waals surface area contributed by atoms with E-state index in [1.807, 2.05) is 73.1 Å². The summed E-state index contributed by atoms with van der Waals surface area (Å²) in [5.41, 5.74) is 0. The van der Waals surface area contributed by atoms with Crippen molar-refractivity contribution in [1.29, 1.82) is 0 Å². The van der Waals surface area contributed by atoms with E-state index in [4.69, 9.17) is 17.7 Å². The highest BCUT2D eigenvalue weighted by Gasteiger charge is 2.51. The molecule has 0 radical (unpaired) electrons. The van der Waals surface area contributed by atoms with Gasteiger partial charge < -0.3 is 17.7 Å². The van der Waals surface area contributed by atoms with Gasteiger partial charge in [-0.1, -0.05) is 83.1 Å². The van der Waals surface area contributed by atoms with Crippen LogP contribution in [0.4, 0.5) is 0 Å². The summed E-state index contributed by atoms with van der Waals surface area (Å²) < 4.78 is 25.3. The standard InChI is InChI=1S/C30H64O7Si4/c1-27(2,3)38(13,14)34-23(31)21-22(25(32)36-40(17,18)29(7,8)9)24(35-39(15,16)28(4,5)6)26(33)37-41(19,20)30(10,11)12/h22,24H,21H2,1-20H3. The predicted octanol–water partition coefficient (Wildman–Crippen LogP) is 9.03. The molecule has 0 aliphatic rings. The zero-order valence-corrected chi connectivity index (χ0v) is 34.2. The number of rotatable bonds is 10. The van der Waals surface area contributed by atoms with Gasteiger partial charge in [0.1, 0.15) is 5.92 Å². The fourth-order valence-corrected chi connectivity index (χ4v) is 6.80. The van der Waals surface area contributed by atoms with Crippen LogP contribution in [-0.4, -0.2) is 57.3 Å². The first kappa shape index (κ1) is 40.2. The Morgan fingerprint density at radius 3 is 1.10 bits per heavy atom. The lowest BCUT2D eigenvalue weighted by atomic mass is 9.99. The molecule has 0 amide bonds. The Kier molecular flexibility index (Phi) is 12.5. The lowest BCUT2D eigenvalue weighted by Crippen LogP contribution is -2.55. The number of carbonyl (C=O) groups is 3. The van der Waals surface area contributed by atoms with Gasteiger partial charge in [0, 0.05) is 0 Å². The summed E-state index contributed by atoms with van der Waals surface area (Å²) in [6, 6.07) is 0. The average Bonchev–Trinajstić information content (AvgIpc) is 2.65. The fraction of sp³-hybridized carbons (Fsp3) is 0.900. The maximum atomic E-state index is 14.1. The first-order valence-electron chi connectivity index (χ1n) is 14.9. The van der Waals surface area contributed by atoms with E-state index in [0.29, 0.717) is 0 Å². The van der Waals surface area contributed by atoms with Gasteiger partial charge in [-0.05, 0) is 72.5 Å². The molecule has 0 N–H and O–H groups in total. The van der Waals surface area contributed by atoms with E-state index in [1.165, 1.54) is 0 Å². The molecule has 0 aromatic heterocycles. The molecule has 41 heavy (non-hydrogen) atoms. The summed E-state index contributed by atoms with van der Waals surface area (Å²) in [6.45, 7) is 40.6. The Hall–Kier alpha value is -0.762. The lowest BCUT2D eigenvalue weighted by Gasteiger charge is -2.43. The topological polar surface area (TPSA) is 88.1 Å². The summed E-state index contributed by atoms with van der Waals surface area (Å²) in [4.78, 5) is 41.8. The van der Waals surface area contributed by atoms with Crippen LogP contribution in [0.25, 0.3) is 0 Å². The van der Waals surface area contributed by atoms with Gasteiger partial charge in [-0.25, -0.2) is 0 Å². The normalized spacial score (nSPS) is 16.1. The molecule has 11 heteroatoms. The highest BCUT2D eigenvalue weighted by Crippen LogP contribution is 2.43. The van der Waals surface area contributed by atoms with Crippen molar-refractivity contribution < 1.29 is 32.1 Å². The van der Waals surface area contributed by atoms with Crippen LogP contribution in [0.2, 0.25) is 72.5 Å². The predicted molar refractivity (Wildman–Crippen MR) is 180 cm³/mol. The molecule has 0 heterocycles. The van der Waals surface area contributed by atoms with Gasteiger partial charge in [-0.15, -0.1) is 0 Å². The van der Waals surface area contributed by atoms with Gasteiger partial charge in [-0.3, -0.25) is 14.4 Å². The number of hydrogen-bond donors (Lipinski definition) is 0. The molecule has 0 fully saturated rings. The second-order valence-electron chi connectivity index (χ2n) is 17.7. The fourth-order valence-electron chi connectivity index (χ4n) is 2.70. The SMILES string of the molecule is CC(C)(C)[Si](C)(C)OC(=O)CC(C(=O)O[Si](C)(C)C(C)(C)C)C(O[Si](C)(C)C(C)(C)C)C(=O)O[Si](C)(C)C(C)(C)C. The summed E-state index contributed by atoms with van der Waals surface area (Å²) in [5.74, 6) is -2.90. The molecule has 0 aliphatic carbocycles. The van der Waals surface area contributed by atoms with Gasteiger partial charge in [0.25, 0.3) is 36.9 Å². The van der Waals surface area contributed by atoms with Crippen LogP contribution >= 0.6 is 0 Å². The summed E-state index contributed by atoms with van der Waals surface area (Å²) in [7, 11) is -10.3. The zero-order valence-electron chi connectivity index (χ0n) is 30.2. The smallest absolute Gasteiger partial charge is 0.321 e. The van der Waals surface area contributed by atoms with Crippen molar-refractivity contribution in [3.8, 4) is 0 Å². The van der Waals surface area contributed by atoms with Crippen molar-refractivity contribution in [2.75, 3.05) is 0 Å². The number of carbonyl (C=O) groups excluding carboxylic acids is 3. The second kappa shape index (κ2) is 12.7. The molecule has 7 nitrogen and oxygen atoms in total. The summed E-state index contributed by atoms with van der Waals surface area (Å²) >= 11 is 0. The van der Waals surface area contributed by atoms with Crippen molar-refractivity contribution in [2.24, 2.45) is 5.92 Å². The van der Waals surface area contributed by atoms with Gasteiger partial charge in [0.2, 0.25) is 0 Å². The molecule has 2 atom stereocenters. The Morgan fingerprint density at radius 1 is 0.488 bits per heavy atom. The highest BCUT2D eigenvalue weighted by molar-refractivity contribution is 6.77. The van der Waals surface area contributed by atoms with Crippen LogP contribution < -0.4 is 0 Å². The molecular formula is C30H64O7Si4. The molecular weight excluding hydrogens is 585 g/mol. The van der Waals surface area contributed by atoms with Crippen molar-refractivity contribution in [3.05, 3.63) is 0 Å². The molecule has 0 spiro atoms. The minimum Gasteiger partial charge on any atom is -0.519 e. The van der Waals surface area contributed by atoms with Crippen molar-refractivity contribution in [2.45, 2.75) is 168 Å². The van der Waals surface area contributed by atoms with Crippen molar-refractivity contribution >= 4 is 51.2 Å². The van der Waals surface area contributed by atoms with Gasteiger partial charge in [0.05, 0.1) is 6.42 Å². The lowest BCUT2D eigenvalue weighted by molar-refractivity contribution is -0.159. The third-order valence-corrected chi connectivity index (χ3v) is 27.5. The largest absolute Gasteiger partial charge is 0.519 e. The minimum absolute atomic E-state index is 0.210. The Balaban J connectivity index is 7.00. The van der Waals surface area contributed by atoms with E-state index in [-0.39, 0.29) is 26.6 Å².